The van der Waals surface area contributed by atoms with Crippen LogP contribution in [-0.2, 0) is 5.41 Å². The molecule has 0 radical (unpaired) electrons. The van der Waals surface area contributed by atoms with Gasteiger partial charge in [0, 0.05) is 39.5 Å². The van der Waals surface area contributed by atoms with Crippen LogP contribution in [0, 0.1) is 0 Å². The highest BCUT2D eigenvalue weighted by molar-refractivity contribution is 5.96. The summed E-state index contributed by atoms with van der Waals surface area (Å²) in [5.41, 5.74) is 40.7. The zero-order valence-electron chi connectivity index (χ0n) is 68.7. The minimum Gasteiger partial charge on any atom is -0.310 e. The smallest absolute Gasteiger partial charge is 0.0468 e. The molecule has 0 unspecified atom stereocenters. The summed E-state index contributed by atoms with van der Waals surface area (Å²) in [6.45, 7) is 4.72. The molecule has 0 fully saturated rings. The first-order valence-electron chi connectivity index (χ1n) is 42.5. The summed E-state index contributed by atoms with van der Waals surface area (Å²) in [7, 11) is 0. The zero-order valence-corrected chi connectivity index (χ0v) is 68.7. The molecule has 2 nitrogen and oxygen atoms in total. The van der Waals surface area contributed by atoms with Crippen LogP contribution in [0.15, 0.2) is 497 Å². The molecule has 0 spiro atoms. The SMILES string of the molecule is CC1(C)c2ccccc2-c2ccc(-c3ccc(N(c4ccc(-c5ccc(-c6ccccc6)cc5)cc4)c4ccc(-c5ccc(-c6ccccc6)cc5)cc4)cc3-c3ccccc3)cc21.c1ccc(-c2ccc(-c3ccc(N(c4ccc(-c5ccc(-c6ccccc6)cc5)cc4)c4ccc(-c5ccc6ccccc6c5)c(-c5ccccc5)c4)cc3)cc2)cc1. The third kappa shape index (κ3) is 15.8. The molecule has 20 aromatic rings. The van der Waals surface area contributed by atoms with Crippen molar-refractivity contribution >= 4 is 44.9 Å². The number of fused-ring (bicyclic) bond motifs is 4. The molecule has 0 N–H and O–H groups in total. The van der Waals surface area contributed by atoms with Crippen molar-refractivity contribution in [3.63, 3.8) is 0 Å². The highest BCUT2D eigenvalue weighted by Gasteiger charge is 2.36. The van der Waals surface area contributed by atoms with Gasteiger partial charge in [0.1, 0.15) is 0 Å². The van der Waals surface area contributed by atoms with Crippen molar-refractivity contribution in [1.29, 1.82) is 0 Å². The van der Waals surface area contributed by atoms with E-state index in [0.29, 0.717) is 0 Å². The first-order valence-corrected chi connectivity index (χ1v) is 42.5. The van der Waals surface area contributed by atoms with E-state index in [1.807, 2.05) is 0 Å². The van der Waals surface area contributed by atoms with Crippen LogP contribution in [0.25, 0.3) is 155 Å². The van der Waals surface area contributed by atoms with E-state index in [-0.39, 0.29) is 5.41 Å². The van der Waals surface area contributed by atoms with Gasteiger partial charge in [-0.3, -0.25) is 0 Å². The number of hydrogen-bond acceptors (Lipinski definition) is 2. The van der Waals surface area contributed by atoms with E-state index in [9.17, 15) is 0 Å². The summed E-state index contributed by atoms with van der Waals surface area (Å²) in [6, 6.07) is 181. The van der Waals surface area contributed by atoms with Gasteiger partial charge in [-0.15, -0.1) is 0 Å². The van der Waals surface area contributed by atoms with Crippen LogP contribution in [0.1, 0.15) is 25.0 Å². The highest BCUT2D eigenvalue weighted by Crippen LogP contribution is 2.52. The van der Waals surface area contributed by atoms with Crippen LogP contribution >= 0.6 is 0 Å². The Balaban J connectivity index is 0.000000157. The van der Waals surface area contributed by atoms with E-state index in [4.69, 9.17) is 0 Å². The van der Waals surface area contributed by atoms with Crippen molar-refractivity contribution in [2.45, 2.75) is 19.3 Å². The molecule has 1 aliphatic rings. The number of hydrogen-bond donors (Lipinski definition) is 0. The third-order valence-corrected chi connectivity index (χ3v) is 24.5. The molecule has 123 heavy (non-hydrogen) atoms. The highest BCUT2D eigenvalue weighted by atomic mass is 15.1. The standard InChI is InChI=1S/C63H47N.C58H41N/c1-63(2)61-21-13-12-20-58(61)59-40-34-53(42-62(59)63)57-41-39-56(43-60(57)52-18-10-5-11-19-52)64(54-35-30-50(31-36-54)48-26-22-46(23-27-48)44-14-6-3-7-15-44)55-37-32-51(33-38-55)49-28-24-47(25-29-49)45-16-8-4-9-17-45;1-4-12-42(13-5-1)45-20-24-47(25-21-45)49-30-34-54(35-31-49)59(55-36-32-50(33-37-55)48-26-22-46(23-27-48)43-14-6-2-7-15-43)56-38-39-57(58(41-56)51-17-8-3-9-18-51)53-29-28-44-16-10-11-19-52(44)40-53/h3-43H,1-2H3;1-41H. The maximum atomic E-state index is 2.44. The normalized spacial score (nSPS) is 11.7. The largest absolute Gasteiger partial charge is 0.310 e. The molecule has 0 bridgehead atoms. The lowest BCUT2D eigenvalue weighted by Gasteiger charge is -2.27. The molecule has 20 aromatic carbocycles. The summed E-state index contributed by atoms with van der Waals surface area (Å²) in [4.78, 5) is 4.77. The molecule has 0 saturated carbocycles. The Kier molecular flexibility index (Phi) is 21.0. The Bertz CT molecular complexity index is 6800. The fourth-order valence-corrected chi connectivity index (χ4v) is 17.8. The van der Waals surface area contributed by atoms with Gasteiger partial charge in [0.2, 0.25) is 0 Å². The Morgan fingerprint density at radius 1 is 0.130 bits per heavy atom. The van der Waals surface area contributed by atoms with Gasteiger partial charge in [0.05, 0.1) is 0 Å². The van der Waals surface area contributed by atoms with Crippen molar-refractivity contribution in [1.82, 2.24) is 0 Å². The maximum absolute atomic E-state index is 2.44. The van der Waals surface area contributed by atoms with E-state index in [2.05, 4.69) is 521 Å². The van der Waals surface area contributed by atoms with Gasteiger partial charge in [-0.25, -0.2) is 0 Å². The number of benzene rings is 20. The van der Waals surface area contributed by atoms with Crippen molar-refractivity contribution in [3.8, 4) is 145 Å². The summed E-state index contributed by atoms with van der Waals surface area (Å²) < 4.78 is 0. The van der Waals surface area contributed by atoms with Crippen LogP contribution in [0.2, 0.25) is 0 Å². The van der Waals surface area contributed by atoms with E-state index in [1.165, 1.54) is 167 Å². The molecular weight excluding hydrogens is 1480 g/mol. The van der Waals surface area contributed by atoms with Crippen LogP contribution < -0.4 is 9.80 Å². The molecule has 21 rings (SSSR count). The number of nitrogens with zero attached hydrogens (tertiary/aromatic N) is 2. The second kappa shape index (κ2) is 33.9. The van der Waals surface area contributed by atoms with E-state index in [1.54, 1.807) is 0 Å². The lowest BCUT2D eigenvalue weighted by Crippen LogP contribution is -2.14. The van der Waals surface area contributed by atoms with Gasteiger partial charge in [-0.05, 0) is 251 Å². The molecular formula is C121H88N2. The van der Waals surface area contributed by atoms with Crippen LogP contribution in [0.3, 0.4) is 0 Å². The fraction of sp³-hybridized carbons (Fsp3) is 0.0248. The average Bonchev–Trinajstić information content (AvgIpc) is 1.58. The van der Waals surface area contributed by atoms with Crippen LogP contribution in [0.5, 0.6) is 0 Å². The fourth-order valence-electron chi connectivity index (χ4n) is 17.8. The molecule has 0 aromatic heterocycles. The van der Waals surface area contributed by atoms with Gasteiger partial charge >= 0.3 is 0 Å². The first kappa shape index (κ1) is 76.0. The molecule has 1 aliphatic carbocycles. The molecule has 0 heterocycles. The van der Waals surface area contributed by atoms with Crippen molar-refractivity contribution in [2.75, 3.05) is 9.80 Å². The second-order valence-electron chi connectivity index (χ2n) is 32.3. The molecule has 582 valence electrons. The topological polar surface area (TPSA) is 6.48 Å². The molecule has 0 atom stereocenters. The molecule has 2 heteroatoms. The number of anilines is 6. The Morgan fingerprint density at radius 3 is 0.675 bits per heavy atom. The van der Waals surface area contributed by atoms with Crippen molar-refractivity contribution in [2.24, 2.45) is 0 Å². The van der Waals surface area contributed by atoms with Gasteiger partial charge in [0.25, 0.3) is 0 Å². The third-order valence-electron chi connectivity index (χ3n) is 24.5. The lowest BCUT2D eigenvalue weighted by atomic mass is 9.81. The minimum absolute atomic E-state index is 0.0855. The lowest BCUT2D eigenvalue weighted by molar-refractivity contribution is 0.660. The minimum atomic E-state index is -0.0855. The summed E-state index contributed by atoms with van der Waals surface area (Å²) >= 11 is 0. The average molecular weight is 1570 g/mol. The monoisotopic (exact) mass is 1570 g/mol. The summed E-state index contributed by atoms with van der Waals surface area (Å²) in [5.74, 6) is 0. The summed E-state index contributed by atoms with van der Waals surface area (Å²) in [5, 5.41) is 2.48. The Hall–Kier alpha value is -15.7. The predicted octanol–water partition coefficient (Wildman–Crippen LogP) is 33.8. The quantitative estimate of drug-likeness (QED) is 0.0845. The van der Waals surface area contributed by atoms with Gasteiger partial charge < -0.3 is 9.80 Å². The van der Waals surface area contributed by atoms with Gasteiger partial charge in [0.15, 0.2) is 0 Å². The van der Waals surface area contributed by atoms with Crippen LogP contribution in [0.4, 0.5) is 34.1 Å². The van der Waals surface area contributed by atoms with Gasteiger partial charge in [-0.1, -0.05) is 426 Å². The Labute approximate surface area is 722 Å². The van der Waals surface area contributed by atoms with Gasteiger partial charge in [-0.2, -0.15) is 0 Å². The van der Waals surface area contributed by atoms with Crippen LogP contribution in [-0.4, -0.2) is 0 Å². The number of rotatable bonds is 18. The van der Waals surface area contributed by atoms with Crippen molar-refractivity contribution < 1.29 is 0 Å². The molecule has 0 aliphatic heterocycles. The van der Waals surface area contributed by atoms with Crippen molar-refractivity contribution in [3.05, 3.63) is 509 Å². The second-order valence-corrected chi connectivity index (χ2v) is 32.3. The van der Waals surface area contributed by atoms with E-state index < -0.39 is 0 Å². The predicted molar refractivity (Wildman–Crippen MR) is 523 cm³/mol. The molecule has 0 amide bonds. The van der Waals surface area contributed by atoms with E-state index >= 15 is 0 Å². The zero-order chi connectivity index (χ0) is 82.4. The Morgan fingerprint density at radius 2 is 0.350 bits per heavy atom. The van der Waals surface area contributed by atoms with E-state index in [0.717, 1.165) is 34.1 Å². The summed E-state index contributed by atoms with van der Waals surface area (Å²) in [6.07, 6.45) is 0. The maximum Gasteiger partial charge on any atom is 0.0468 e. The molecule has 0 saturated heterocycles. The first-order chi connectivity index (χ1) is 60.7.